The fourth-order valence-electron chi connectivity index (χ4n) is 1.35. The number of nitrogens with two attached hydrogens (primary N) is 1. The Hall–Kier alpha value is -1.56. The second-order valence-electron chi connectivity index (χ2n) is 3.31. The molecule has 0 bridgehead atoms. The van der Waals surface area contributed by atoms with E-state index in [9.17, 15) is 13.6 Å². The maximum Gasteiger partial charge on any atom is 0.387 e. The summed E-state index contributed by atoms with van der Waals surface area (Å²) in [4.78, 5) is 11.3. The van der Waals surface area contributed by atoms with Crippen LogP contribution in [0, 0.1) is 0 Å². The molecule has 1 aromatic carbocycles. The van der Waals surface area contributed by atoms with Crippen LogP contribution in [0.15, 0.2) is 12.1 Å². The van der Waals surface area contributed by atoms with Crippen molar-refractivity contribution in [3.63, 3.8) is 0 Å². The standard InChI is InChI=1S/C11H12ClF2NO3/c1-2-17-9(16)5-6-8(18-11(13)14)4-3-7(15)10(6)12/h3-4,11H,2,5,15H2,1H3. The van der Waals surface area contributed by atoms with Crippen molar-refractivity contribution < 1.29 is 23.0 Å². The van der Waals surface area contributed by atoms with Crippen LogP contribution >= 0.6 is 11.6 Å². The summed E-state index contributed by atoms with van der Waals surface area (Å²) in [7, 11) is 0. The fraction of sp³-hybridized carbons (Fsp3) is 0.364. The van der Waals surface area contributed by atoms with Gasteiger partial charge in [-0.2, -0.15) is 8.78 Å². The normalized spacial score (nSPS) is 10.5. The summed E-state index contributed by atoms with van der Waals surface area (Å²) in [6, 6.07) is 2.57. The quantitative estimate of drug-likeness (QED) is 0.665. The van der Waals surface area contributed by atoms with E-state index in [0.717, 1.165) is 0 Å². The number of halogens is 3. The zero-order chi connectivity index (χ0) is 13.7. The number of alkyl halides is 2. The van der Waals surface area contributed by atoms with Crippen LogP contribution in [0.25, 0.3) is 0 Å². The van der Waals surface area contributed by atoms with Crippen LogP contribution in [0.4, 0.5) is 14.5 Å². The lowest BCUT2D eigenvalue weighted by Crippen LogP contribution is -2.12. The van der Waals surface area contributed by atoms with Crippen LogP contribution in [0.2, 0.25) is 5.02 Å². The highest BCUT2D eigenvalue weighted by Crippen LogP contribution is 2.33. The van der Waals surface area contributed by atoms with Gasteiger partial charge >= 0.3 is 12.6 Å². The van der Waals surface area contributed by atoms with Crippen molar-refractivity contribution in [1.82, 2.24) is 0 Å². The van der Waals surface area contributed by atoms with Gasteiger partial charge in [-0.15, -0.1) is 0 Å². The summed E-state index contributed by atoms with van der Waals surface area (Å²) < 4.78 is 33.4. The molecule has 0 unspecified atom stereocenters. The summed E-state index contributed by atoms with van der Waals surface area (Å²) in [6.45, 7) is -1.19. The highest BCUT2D eigenvalue weighted by atomic mass is 35.5. The molecule has 0 saturated carbocycles. The third-order valence-electron chi connectivity index (χ3n) is 2.07. The van der Waals surface area contributed by atoms with Gasteiger partial charge in [0.1, 0.15) is 5.75 Å². The third kappa shape index (κ3) is 3.73. The van der Waals surface area contributed by atoms with Gasteiger partial charge in [0.05, 0.1) is 23.7 Å². The van der Waals surface area contributed by atoms with Crippen molar-refractivity contribution >= 4 is 23.3 Å². The summed E-state index contributed by atoms with van der Waals surface area (Å²) in [5.74, 6) is -0.777. The van der Waals surface area contributed by atoms with Gasteiger partial charge in [-0.3, -0.25) is 4.79 Å². The third-order valence-corrected chi connectivity index (χ3v) is 2.52. The molecule has 100 valence electrons. The first kappa shape index (κ1) is 14.5. The minimum Gasteiger partial charge on any atom is -0.466 e. The SMILES string of the molecule is CCOC(=O)Cc1c(OC(F)F)ccc(N)c1Cl. The molecule has 0 aliphatic rings. The Morgan fingerprint density at radius 3 is 2.72 bits per heavy atom. The van der Waals surface area contributed by atoms with E-state index in [0.29, 0.717) is 0 Å². The van der Waals surface area contributed by atoms with Crippen molar-refractivity contribution in [2.45, 2.75) is 20.0 Å². The van der Waals surface area contributed by atoms with Gasteiger partial charge < -0.3 is 15.2 Å². The molecule has 7 heteroatoms. The number of benzene rings is 1. The van der Waals surface area contributed by atoms with Gasteiger partial charge in [-0.05, 0) is 19.1 Å². The Morgan fingerprint density at radius 1 is 1.50 bits per heavy atom. The van der Waals surface area contributed by atoms with Crippen molar-refractivity contribution in [2.75, 3.05) is 12.3 Å². The number of hydrogen-bond acceptors (Lipinski definition) is 4. The first-order valence-corrected chi connectivity index (χ1v) is 5.50. The molecule has 4 nitrogen and oxygen atoms in total. The minimum atomic E-state index is -3.01. The number of anilines is 1. The van der Waals surface area contributed by atoms with E-state index < -0.39 is 12.6 Å². The molecule has 2 N–H and O–H groups in total. The summed E-state index contributed by atoms with van der Waals surface area (Å²) in [6.07, 6.45) is -0.278. The van der Waals surface area contributed by atoms with E-state index in [1.807, 2.05) is 0 Å². The Kier molecular flexibility index (Phi) is 5.15. The lowest BCUT2D eigenvalue weighted by molar-refractivity contribution is -0.142. The second kappa shape index (κ2) is 6.39. The first-order chi connectivity index (χ1) is 8.45. The van der Waals surface area contributed by atoms with E-state index in [2.05, 4.69) is 4.74 Å². The Morgan fingerprint density at radius 2 is 2.17 bits per heavy atom. The van der Waals surface area contributed by atoms with E-state index in [1.165, 1.54) is 12.1 Å². The monoisotopic (exact) mass is 279 g/mol. The number of carbonyl (C=O) groups is 1. The van der Waals surface area contributed by atoms with Crippen LogP contribution in [-0.2, 0) is 16.0 Å². The Balaban J connectivity index is 3.04. The van der Waals surface area contributed by atoms with Crippen molar-refractivity contribution in [3.05, 3.63) is 22.7 Å². The lowest BCUT2D eigenvalue weighted by Gasteiger charge is -2.13. The van der Waals surface area contributed by atoms with E-state index in [-0.39, 0.29) is 35.1 Å². The zero-order valence-corrected chi connectivity index (χ0v) is 10.3. The molecule has 0 atom stereocenters. The van der Waals surface area contributed by atoms with Gasteiger partial charge in [0.25, 0.3) is 0 Å². The second-order valence-corrected chi connectivity index (χ2v) is 3.68. The van der Waals surface area contributed by atoms with Gasteiger partial charge in [-0.25, -0.2) is 0 Å². The van der Waals surface area contributed by atoms with Gasteiger partial charge in [-0.1, -0.05) is 11.6 Å². The first-order valence-electron chi connectivity index (χ1n) is 5.13. The molecule has 1 aromatic rings. The van der Waals surface area contributed by atoms with Crippen LogP contribution in [0.5, 0.6) is 5.75 Å². The molecule has 0 amide bonds. The van der Waals surface area contributed by atoms with Gasteiger partial charge in [0.15, 0.2) is 0 Å². The molecule has 1 rings (SSSR count). The minimum absolute atomic E-state index is 0.0150. The molecule has 0 heterocycles. The van der Waals surface area contributed by atoms with Crippen molar-refractivity contribution in [2.24, 2.45) is 0 Å². The molecular weight excluding hydrogens is 268 g/mol. The molecule has 0 aromatic heterocycles. The average molecular weight is 280 g/mol. The molecule has 0 saturated heterocycles. The predicted octanol–water partition coefficient (Wildman–Crippen LogP) is 2.63. The maximum absolute atomic E-state index is 12.2. The number of ether oxygens (including phenoxy) is 2. The smallest absolute Gasteiger partial charge is 0.387 e. The van der Waals surface area contributed by atoms with Gasteiger partial charge in [0, 0.05) is 5.56 Å². The highest BCUT2D eigenvalue weighted by Gasteiger charge is 2.18. The van der Waals surface area contributed by atoms with E-state index >= 15 is 0 Å². The molecular formula is C11H12ClF2NO3. The fourth-order valence-corrected chi connectivity index (χ4v) is 1.57. The van der Waals surface area contributed by atoms with Crippen LogP contribution in [0.3, 0.4) is 0 Å². The average Bonchev–Trinajstić information content (AvgIpc) is 2.28. The van der Waals surface area contributed by atoms with Crippen LogP contribution in [-0.4, -0.2) is 19.2 Å². The lowest BCUT2D eigenvalue weighted by atomic mass is 10.1. The Labute approximate surface area is 108 Å². The summed E-state index contributed by atoms with van der Waals surface area (Å²) >= 11 is 5.87. The van der Waals surface area contributed by atoms with Crippen LogP contribution in [0.1, 0.15) is 12.5 Å². The predicted molar refractivity (Wildman–Crippen MR) is 62.8 cm³/mol. The highest BCUT2D eigenvalue weighted by molar-refractivity contribution is 6.34. The zero-order valence-electron chi connectivity index (χ0n) is 9.58. The molecule has 0 fully saturated rings. The van der Waals surface area contributed by atoms with Crippen LogP contribution < -0.4 is 10.5 Å². The van der Waals surface area contributed by atoms with Crippen molar-refractivity contribution in [3.8, 4) is 5.75 Å². The van der Waals surface area contributed by atoms with Crippen molar-refractivity contribution in [1.29, 1.82) is 0 Å². The largest absolute Gasteiger partial charge is 0.466 e. The molecule has 0 spiro atoms. The molecule has 18 heavy (non-hydrogen) atoms. The molecule has 0 aliphatic carbocycles. The topological polar surface area (TPSA) is 61.5 Å². The maximum atomic E-state index is 12.2. The van der Waals surface area contributed by atoms with E-state index in [1.54, 1.807) is 6.92 Å². The Bertz CT molecular complexity index is 441. The van der Waals surface area contributed by atoms with E-state index in [4.69, 9.17) is 22.1 Å². The van der Waals surface area contributed by atoms with Gasteiger partial charge in [0.2, 0.25) is 0 Å². The number of hydrogen-bond donors (Lipinski definition) is 1. The molecule has 0 aliphatic heterocycles. The number of rotatable bonds is 5. The molecule has 0 radical (unpaired) electrons. The number of nitrogen functional groups attached to an aromatic ring is 1. The summed E-state index contributed by atoms with van der Waals surface area (Å²) in [5, 5.41) is 0.0150. The number of esters is 1. The number of carbonyl (C=O) groups excluding carboxylic acids is 1. The summed E-state index contributed by atoms with van der Waals surface area (Å²) in [5.41, 5.74) is 5.81.